The number of sulfonamides is 1. The van der Waals surface area contributed by atoms with Crippen LogP contribution in [0.2, 0.25) is 0 Å². The highest BCUT2D eigenvalue weighted by atomic mass is 32.2. The summed E-state index contributed by atoms with van der Waals surface area (Å²) >= 11 is 0. The number of amides is 1. The van der Waals surface area contributed by atoms with Crippen molar-refractivity contribution in [3.8, 4) is 11.5 Å². The minimum atomic E-state index is -3.29. The average Bonchev–Trinajstić information content (AvgIpc) is 3.05. The highest BCUT2D eigenvalue weighted by Gasteiger charge is 2.27. The molecule has 1 aliphatic carbocycles. The molecule has 0 spiro atoms. The van der Waals surface area contributed by atoms with E-state index in [1.165, 1.54) is 10.6 Å². The Labute approximate surface area is 148 Å². The van der Waals surface area contributed by atoms with E-state index in [-0.39, 0.29) is 25.3 Å². The van der Waals surface area contributed by atoms with Gasteiger partial charge in [0.15, 0.2) is 11.5 Å². The fourth-order valence-corrected chi connectivity index (χ4v) is 4.58. The maximum atomic E-state index is 12.3. The van der Waals surface area contributed by atoms with Gasteiger partial charge in [-0.15, -0.1) is 0 Å². The van der Waals surface area contributed by atoms with Crippen LogP contribution in [0.25, 0.3) is 0 Å². The summed E-state index contributed by atoms with van der Waals surface area (Å²) in [5, 5.41) is 2.79. The first-order valence-corrected chi connectivity index (χ1v) is 10.4. The first-order chi connectivity index (χ1) is 11.9. The first-order valence-electron chi connectivity index (χ1n) is 8.60. The molecule has 138 valence electrons. The smallest absolute Gasteiger partial charge is 0.251 e. The molecule has 1 fully saturated rings. The number of fused-ring (bicyclic) bond motifs is 1. The number of carbonyl (C=O) groups excluding carboxylic acids is 1. The summed E-state index contributed by atoms with van der Waals surface area (Å²) in [6.45, 7) is 0.724. The third-order valence-electron chi connectivity index (χ3n) is 4.66. The Kier molecular flexibility index (Phi) is 5.48. The summed E-state index contributed by atoms with van der Waals surface area (Å²) in [4.78, 5) is 12.3. The van der Waals surface area contributed by atoms with Crippen LogP contribution in [-0.4, -0.2) is 50.8 Å². The molecule has 0 aromatic heterocycles. The molecule has 7 nitrogen and oxygen atoms in total. The maximum Gasteiger partial charge on any atom is 0.251 e. The van der Waals surface area contributed by atoms with Gasteiger partial charge >= 0.3 is 0 Å². The second-order valence-corrected chi connectivity index (χ2v) is 8.42. The first kappa shape index (κ1) is 18.0. The number of nitrogens with zero attached hydrogens (tertiary/aromatic N) is 1. The largest absolute Gasteiger partial charge is 0.454 e. The monoisotopic (exact) mass is 368 g/mol. The number of benzene rings is 1. The van der Waals surface area contributed by atoms with Crippen LogP contribution < -0.4 is 14.8 Å². The number of carbonyl (C=O) groups is 1. The van der Waals surface area contributed by atoms with Gasteiger partial charge in [0.25, 0.3) is 5.91 Å². The number of nitrogens with one attached hydrogen (secondary N) is 1. The summed E-state index contributed by atoms with van der Waals surface area (Å²) in [6, 6.07) is 5.04. The zero-order valence-electron chi connectivity index (χ0n) is 14.4. The number of ether oxygens (including phenoxy) is 2. The predicted octanol–water partition coefficient (Wildman–Crippen LogP) is 1.74. The van der Waals surface area contributed by atoms with Crippen molar-refractivity contribution >= 4 is 15.9 Å². The van der Waals surface area contributed by atoms with E-state index in [9.17, 15) is 13.2 Å². The van der Waals surface area contributed by atoms with E-state index in [2.05, 4.69) is 5.32 Å². The molecule has 1 aromatic rings. The fourth-order valence-electron chi connectivity index (χ4n) is 3.41. The van der Waals surface area contributed by atoms with Crippen LogP contribution >= 0.6 is 0 Å². The maximum absolute atomic E-state index is 12.3. The van der Waals surface area contributed by atoms with Crippen molar-refractivity contribution < 1.29 is 22.7 Å². The lowest BCUT2D eigenvalue weighted by molar-refractivity contribution is 0.0949. The quantitative estimate of drug-likeness (QED) is 0.827. The zero-order chi connectivity index (χ0) is 17.9. The normalized spacial score (nSPS) is 17.7. The minimum Gasteiger partial charge on any atom is -0.454 e. The van der Waals surface area contributed by atoms with Crippen molar-refractivity contribution in [3.05, 3.63) is 23.8 Å². The van der Waals surface area contributed by atoms with Gasteiger partial charge in [0, 0.05) is 24.7 Å². The standard InChI is InChI=1S/C17H24N2O5S/c1-25(21,22)19(14-5-3-2-4-6-14)10-9-18-17(20)13-7-8-15-16(11-13)24-12-23-15/h7-8,11,14H,2-6,9-10,12H2,1H3,(H,18,20). The van der Waals surface area contributed by atoms with Crippen molar-refractivity contribution in [3.63, 3.8) is 0 Å². The van der Waals surface area contributed by atoms with Crippen molar-refractivity contribution in [2.24, 2.45) is 0 Å². The van der Waals surface area contributed by atoms with Crippen LogP contribution in [0.5, 0.6) is 11.5 Å². The van der Waals surface area contributed by atoms with Crippen molar-refractivity contribution in [2.45, 2.75) is 38.1 Å². The van der Waals surface area contributed by atoms with Crippen LogP contribution in [0, 0.1) is 0 Å². The molecule has 0 radical (unpaired) electrons. The lowest BCUT2D eigenvalue weighted by Gasteiger charge is -2.32. The van der Waals surface area contributed by atoms with Crippen LogP contribution in [0.3, 0.4) is 0 Å². The molecule has 0 atom stereocenters. The molecule has 1 N–H and O–H groups in total. The molecule has 25 heavy (non-hydrogen) atoms. The van der Waals surface area contributed by atoms with Crippen LogP contribution in [0.4, 0.5) is 0 Å². The van der Waals surface area contributed by atoms with E-state index >= 15 is 0 Å². The predicted molar refractivity (Wildman–Crippen MR) is 93.3 cm³/mol. The zero-order valence-corrected chi connectivity index (χ0v) is 15.2. The average molecular weight is 368 g/mol. The molecule has 1 saturated carbocycles. The van der Waals surface area contributed by atoms with Crippen LogP contribution in [0.15, 0.2) is 18.2 Å². The van der Waals surface area contributed by atoms with Gasteiger partial charge in [0.05, 0.1) is 6.26 Å². The van der Waals surface area contributed by atoms with E-state index in [0.717, 1.165) is 32.1 Å². The number of hydrogen-bond donors (Lipinski definition) is 1. The Morgan fingerprint density at radius 2 is 1.92 bits per heavy atom. The molecular formula is C17H24N2O5S. The molecule has 1 heterocycles. The van der Waals surface area contributed by atoms with E-state index in [0.29, 0.717) is 23.6 Å². The van der Waals surface area contributed by atoms with Gasteiger partial charge in [-0.25, -0.2) is 8.42 Å². The highest BCUT2D eigenvalue weighted by Crippen LogP contribution is 2.32. The van der Waals surface area contributed by atoms with Crippen molar-refractivity contribution in [2.75, 3.05) is 26.1 Å². The van der Waals surface area contributed by atoms with E-state index in [1.54, 1.807) is 18.2 Å². The number of rotatable bonds is 6. The summed E-state index contributed by atoms with van der Waals surface area (Å²) in [5.74, 6) is 0.917. The second kappa shape index (κ2) is 7.61. The van der Waals surface area contributed by atoms with Crippen LogP contribution in [0.1, 0.15) is 42.5 Å². The SMILES string of the molecule is CS(=O)(=O)N(CCNC(=O)c1ccc2c(c1)OCO2)C1CCCCC1. The minimum absolute atomic E-state index is 0.0474. The third kappa shape index (κ3) is 4.43. The molecule has 1 aliphatic heterocycles. The molecule has 3 rings (SSSR count). The van der Waals surface area contributed by atoms with Gasteiger partial charge in [-0.05, 0) is 31.0 Å². The second-order valence-electron chi connectivity index (χ2n) is 6.49. The Morgan fingerprint density at radius 3 is 2.64 bits per heavy atom. The summed E-state index contributed by atoms with van der Waals surface area (Å²) in [6.07, 6.45) is 6.29. The Bertz CT molecular complexity index is 729. The van der Waals surface area contributed by atoms with Gasteiger partial charge in [0.2, 0.25) is 16.8 Å². The fraction of sp³-hybridized carbons (Fsp3) is 0.588. The molecule has 0 unspecified atom stereocenters. The van der Waals surface area contributed by atoms with Gasteiger partial charge in [-0.1, -0.05) is 19.3 Å². The summed E-state index contributed by atoms with van der Waals surface area (Å²) in [7, 11) is -3.29. The van der Waals surface area contributed by atoms with Gasteiger partial charge < -0.3 is 14.8 Å². The molecule has 8 heteroatoms. The number of hydrogen-bond acceptors (Lipinski definition) is 5. The summed E-state index contributed by atoms with van der Waals surface area (Å²) < 4.78 is 36.2. The lowest BCUT2D eigenvalue weighted by atomic mass is 9.95. The Balaban J connectivity index is 1.57. The Hall–Kier alpha value is -1.80. The van der Waals surface area contributed by atoms with E-state index in [4.69, 9.17) is 9.47 Å². The lowest BCUT2D eigenvalue weighted by Crippen LogP contribution is -2.45. The van der Waals surface area contributed by atoms with Gasteiger partial charge in [-0.2, -0.15) is 4.31 Å². The van der Waals surface area contributed by atoms with Gasteiger partial charge in [0.1, 0.15) is 0 Å². The molecule has 1 amide bonds. The topological polar surface area (TPSA) is 84.9 Å². The van der Waals surface area contributed by atoms with Crippen LogP contribution in [-0.2, 0) is 10.0 Å². The van der Waals surface area contributed by atoms with Crippen molar-refractivity contribution in [1.82, 2.24) is 9.62 Å². The summed E-state index contributed by atoms with van der Waals surface area (Å²) in [5.41, 5.74) is 0.466. The van der Waals surface area contributed by atoms with Crippen molar-refractivity contribution in [1.29, 1.82) is 0 Å². The Morgan fingerprint density at radius 1 is 1.20 bits per heavy atom. The molecular weight excluding hydrogens is 344 g/mol. The van der Waals surface area contributed by atoms with E-state index < -0.39 is 10.0 Å². The highest BCUT2D eigenvalue weighted by molar-refractivity contribution is 7.88. The molecule has 0 bridgehead atoms. The van der Waals surface area contributed by atoms with E-state index in [1.807, 2.05) is 0 Å². The van der Waals surface area contributed by atoms with Gasteiger partial charge in [-0.3, -0.25) is 4.79 Å². The molecule has 2 aliphatic rings. The molecule has 1 aromatic carbocycles. The third-order valence-corrected chi connectivity index (χ3v) is 5.99. The molecule has 0 saturated heterocycles.